The van der Waals surface area contributed by atoms with E-state index in [1.165, 1.54) is 0 Å². The van der Waals surface area contributed by atoms with E-state index in [0.717, 1.165) is 57.8 Å². The van der Waals surface area contributed by atoms with Crippen molar-refractivity contribution in [1.82, 2.24) is 0 Å². The van der Waals surface area contributed by atoms with Gasteiger partial charge >= 0.3 is 0 Å². The molecule has 7 rings (SSSR count). The smallest absolute Gasteiger partial charge is 0.186 e. The topological polar surface area (TPSA) is 188 Å². The number of ether oxygens (including phenoxy) is 5. The zero-order valence-corrected chi connectivity index (χ0v) is 33.5. The van der Waals surface area contributed by atoms with Gasteiger partial charge in [-0.15, -0.1) is 0 Å². The molecule has 4 saturated carbocycles. The Bertz CT molecular complexity index is 1340. The summed E-state index contributed by atoms with van der Waals surface area (Å²) >= 11 is 0. The van der Waals surface area contributed by atoms with Crippen molar-refractivity contribution in [1.29, 1.82) is 0 Å². The average Bonchev–Trinajstić information content (AvgIpc) is 3.75. The fourth-order valence-electron chi connectivity index (χ4n) is 13.8. The van der Waals surface area contributed by atoms with E-state index in [2.05, 4.69) is 41.5 Å². The molecular formula is C41H70O12. The molecule has 7 N–H and O–H groups in total. The van der Waals surface area contributed by atoms with Crippen molar-refractivity contribution in [3.63, 3.8) is 0 Å². The van der Waals surface area contributed by atoms with E-state index < -0.39 is 73.1 Å². The van der Waals surface area contributed by atoms with Crippen LogP contribution in [0.15, 0.2) is 0 Å². The first kappa shape index (κ1) is 40.7. The fraction of sp³-hybridized carbons (Fsp3) is 1.00. The first-order valence-electron chi connectivity index (χ1n) is 20.6. The quantitative estimate of drug-likeness (QED) is 0.189. The Morgan fingerprint density at radius 3 is 1.96 bits per heavy atom. The first-order chi connectivity index (χ1) is 24.5. The van der Waals surface area contributed by atoms with Crippen LogP contribution >= 0.6 is 0 Å². The summed E-state index contributed by atoms with van der Waals surface area (Å²) in [5.41, 5.74) is -2.05. The molecule has 3 aliphatic heterocycles. The van der Waals surface area contributed by atoms with Crippen molar-refractivity contribution in [2.45, 2.75) is 205 Å². The van der Waals surface area contributed by atoms with E-state index in [4.69, 9.17) is 23.7 Å². The van der Waals surface area contributed by atoms with Gasteiger partial charge in [0.05, 0.1) is 42.2 Å². The molecule has 0 aromatic heterocycles. The largest absolute Gasteiger partial charge is 0.394 e. The lowest BCUT2D eigenvalue weighted by Gasteiger charge is -2.71. The molecule has 3 heterocycles. The molecule has 12 nitrogen and oxygen atoms in total. The van der Waals surface area contributed by atoms with Crippen LogP contribution in [-0.4, -0.2) is 127 Å². The highest BCUT2D eigenvalue weighted by atomic mass is 16.7. The lowest BCUT2D eigenvalue weighted by molar-refractivity contribution is -0.332. The van der Waals surface area contributed by atoms with Crippen molar-refractivity contribution >= 4 is 0 Å². The molecule has 0 aromatic carbocycles. The Labute approximate surface area is 315 Å². The van der Waals surface area contributed by atoms with Gasteiger partial charge in [-0.1, -0.05) is 34.6 Å². The van der Waals surface area contributed by atoms with Crippen molar-refractivity contribution in [3.05, 3.63) is 0 Å². The Hall–Kier alpha value is -0.480. The standard InChI is InChI=1S/C41H70O12/c1-20-29(43)31(45)33(47)34(49-20)50-22-18-25-38(6)14-12-26(52-35-32(46)30(44)23(19-42)51-35)36(2,3)24(38)11-16-39(25,7)40(8)15-10-21(28(22)40)41(9)17-13-27(53-41)37(4,5)48/h20-35,42-48H,10-19H2,1-9H3/t20-,21+,22-,23+,24+,25?,26+,27-,28+,29-,30+,31+,32-,33-,34+,35+,38+,39-,40-,41+/m1/s1. The summed E-state index contributed by atoms with van der Waals surface area (Å²) in [6.45, 7) is 19.1. The maximum atomic E-state index is 11.2. The minimum absolute atomic E-state index is 0.0514. The zero-order valence-electron chi connectivity index (χ0n) is 33.5. The third kappa shape index (κ3) is 6.13. The monoisotopic (exact) mass is 754 g/mol. The molecule has 4 aliphatic carbocycles. The van der Waals surface area contributed by atoms with Gasteiger partial charge in [-0.2, -0.15) is 0 Å². The van der Waals surface area contributed by atoms with Crippen LogP contribution in [0.25, 0.3) is 0 Å². The molecule has 306 valence electrons. The van der Waals surface area contributed by atoms with Gasteiger partial charge in [0.25, 0.3) is 0 Å². The van der Waals surface area contributed by atoms with Crippen molar-refractivity contribution in [2.75, 3.05) is 6.61 Å². The van der Waals surface area contributed by atoms with E-state index in [-0.39, 0.29) is 63.6 Å². The second-order valence-corrected chi connectivity index (χ2v) is 20.6. The summed E-state index contributed by atoms with van der Waals surface area (Å²) < 4.78 is 32.3. The highest BCUT2D eigenvalue weighted by Gasteiger charge is 2.73. The lowest BCUT2D eigenvalue weighted by Crippen LogP contribution is -2.68. The van der Waals surface area contributed by atoms with Crippen molar-refractivity contribution in [2.24, 2.45) is 45.3 Å². The van der Waals surface area contributed by atoms with Crippen molar-refractivity contribution in [3.8, 4) is 0 Å². The maximum absolute atomic E-state index is 11.2. The Morgan fingerprint density at radius 1 is 0.698 bits per heavy atom. The Kier molecular flexibility index (Phi) is 10.4. The van der Waals surface area contributed by atoms with Crippen LogP contribution in [0, 0.1) is 45.3 Å². The molecule has 0 aromatic rings. The number of hydrogen-bond acceptors (Lipinski definition) is 12. The van der Waals surface area contributed by atoms with Crippen molar-refractivity contribution < 1.29 is 59.4 Å². The molecule has 7 fully saturated rings. The van der Waals surface area contributed by atoms with E-state index >= 15 is 0 Å². The van der Waals surface area contributed by atoms with Gasteiger partial charge in [0.2, 0.25) is 0 Å². The first-order valence-corrected chi connectivity index (χ1v) is 20.6. The molecule has 12 heteroatoms. The number of fused-ring (bicyclic) bond motifs is 5. The van der Waals surface area contributed by atoms with Crippen LogP contribution in [0.4, 0.5) is 0 Å². The second kappa shape index (κ2) is 13.5. The van der Waals surface area contributed by atoms with Crippen LogP contribution in [0.3, 0.4) is 0 Å². The van der Waals surface area contributed by atoms with Gasteiger partial charge in [0.1, 0.15) is 36.6 Å². The predicted octanol–water partition coefficient (Wildman–Crippen LogP) is 3.03. The minimum Gasteiger partial charge on any atom is -0.394 e. The highest BCUT2D eigenvalue weighted by molar-refractivity contribution is 5.21. The van der Waals surface area contributed by atoms with Crippen LogP contribution in [0.5, 0.6) is 0 Å². The van der Waals surface area contributed by atoms with Crippen LogP contribution in [0.1, 0.15) is 120 Å². The third-order valence-corrected chi connectivity index (χ3v) is 17.1. The Balaban J connectivity index is 1.22. The summed E-state index contributed by atoms with van der Waals surface area (Å²) in [6, 6.07) is 0. The SMILES string of the molecule is C[C@H]1O[C@@H](O[C@@H]2CC3[C@@]4(C)CC[C@H](O[C@@H]5O[C@@H](CO)[C@H](O)[C@H]5O)C(C)(C)[C@@H]4CC[C@@]3(C)[C@]3(C)CC[C@H]([C@]4(C)CC[C@H](C(C)(C)O)O4)[C@@H]23)[C@H](O)[C@@H](O)[C@@H]1O. The highest BCUT2D eigenvalue weighted by Crippen LogP contribution is 2.76. The minimum atomic E-state index is -1.41. The lowest BCUT2D eigenvalue weighted by atomic mass is 9.35. The summed E-state index contributed by atoms with van der Waals surface area (Å²) in [4.78, 5) is 0. The molecule has 0 radical (unpaired) electrons. The van der Waals surface area contributed by atoms with Crippen LogP contribution < -0.4 is 0 Å². The second-order valence-electron chi connectivity index (χ2n) is 20.6. The van der Waals surface area contributed by atoms with Gasteiger partial charge in [-0.25, -0.2) is 0 Å². The number of aliphatic hydroxyl groups is 7. The van der Waals surface area contributed by atoms with Gasteiger partial charge in [-0.05, 0) is 131 Å². The Morgan fingerprint density at radius 2 is 1.34 bits per heavy atom. The molecular weight excluding hydrogens is 684 g/mol. The van der Waals surface area contributed by atoms with Crippen LogP contribution in [0.2, 0.25) is 0 Å². The van der Waals surface area contributed by atoms with E-state index in [1.807, 2.05) is 13.8 Å². The summed E-state index contributed by atoms with van der Waals surface area (Å²) in [5.74, 6) is 0.698. The molecule has 53 heavy (non-hydrogen) atoms. The maximum Gasteiger partial charge on any atom is 0.186 e. The van der Waals surface area contributed by atoms with E-state index in [0.29, 0.717) is 0 Å². The molecule has 0 bridgehead atoms. The number of rotatable bonds is 7. The normalized spacial score (nSPS) is 56.8. The molecule has 20 atom stereocenters. The zero-order chi connectivity index (χ0) is 38.8. The third-order valence-electron chi connectivity index (χ3n) is 17.1. The van der Waals surface area contributed by atoms with Gasteiger partial charge in [-0.3, -0.25) is 0 Å². The molecule has 3 saturated heterocycles. The summed E-state index contributed by atoms with van der Waals surface area (Å²) in [6.07, 6.45) is -3.07. The van der Waals surface area contributed by atoms with E-state index in [1.54, 1.807) is 6.92 Å². The fourth-order valence-corrected chi connectivity index (χ4v) is 13.8. The molecule has 0 spiro atoms. The van der Waals surface area contributed by atoms with Gasteiger partial charge in [0, 0.05) is 0 Å². The average molecular weight is 755 g/mol. The van der Waals surface area contributed by atoms with Gasteiger partial charge < -0.3 is 59.4 Å². The summed E-state index contributed by atoms with van der Waals surface area (Å²) in [7, 11) is 0. The predicted molar refractivity (Wildman–Crippen MR) is 193 cm³/mol. The number of hydrogen-bond donors (Lipinski definition) is 7. The van der Waals surface area contributed by atoms with E-state index in [9.17, 15) is 35.7 Å². The van der Waals surface area contributed by atoms with Gasteiger partial charge in [0.15, 0.2) is 12.6 Å². The number of aliphatic hydroxyl groups excluding tert-OH is 6. The molecule has 7 aliphatic rings. The molecule has 1 unspecified atom stereocenters. The van der Waals surface area contributed by atoms with Crippen LogP contribution in [-0.2, 0) is 23.7 Å². The summed E-state index contributed by atoms with van der Waals surface area (Å²) in [5, 5.41) is 74.4. The molecule has 0 amide bonds.